The summed E-state index contributed by atoms with van der Waals surface area (Å²) in [5.74, 6) is 0.535. The van der Waals surface area contributed by atoms with Gasteiger partial charge in [0.25, 0.3) is 0 Å². The molecule has 2 N–H and O–H groups in total. The number of nitrogens with zero attached hydrogens (tertiary/aromatic N) is 2. The van der Waals surface area contributed by atoms with Crippen molar-refractivity contribution in [2.45, 2.75) is 44.6 Å². The van der Waals surface area contributed by atoms with Crippen LogP contribution in [-0.2, 0) is 11.8 Å². The van der Waals surface area contributed by atoms with Crippen LogP contribution >= 0.6 is 0 Å². The molecule has 1 aliphatic carbocycles. The summed E-state index contributed by atoms with van der Waals surface area (Å²) < 4.78 is 1.82. The molecule has 1 aromatic rings. The number of anilines is 1. The van der Waals surface area contributed by atoms with E-state index in [1.807, 2.05) is 17.8 Å². The van der Waals surface area contributed by atoms with Crippen LogP contribution in [0.1, 0.15) is 39.0 Å². The Morgan fingerprint density at radius 3 is 2.72 bits per heavy atom. The fourth-order valence-corrected chi connectivity index (χ4v) is 2.67. The molecular formula is C13H21N3O2. The molecule has 0 aromatic carbocycles. The van der Waals surface area contributed by atoms with E-state index >= 15 is 0 Å². The number of aryl methyl sites for hydroxylation is 1. The number of hydrogen-bond donors (Lipinski definition) is 2. The minimum atomic E-state index is -0.842. The van der Waals surface area contributed by atoms with Crippen LogP contribution in [0.5, 0.6) is 0 Å². The highest BCUT2D eigenvalue weighted by molar-refractivity contribution is 5.82. The molecule has 1 heterocycles. The third-order valence-corrected chi connectivity index (χ3v) is 4.12. The predicted molar refractivity (Wildman–Crippen MR) is 69.4 cm³/mol. The van der Waals surface area contributed by atoms with Gasteiger partial charge in [-0.3, -0.25) is 0 Å². The first-order valence-corrected chi connectivity index (χ1v) is 6.56. The molecule has 1 fully saturated rings. The SMILES string of the molecule is CCC1CCC(Nc2nccn2C)(C(=O)O)CC1. The van der Waals surface area contributed by atoms with Crippen molar-refractivity contribution in [1.82, 2.24) is 9.55 Å². The number of carboxylic acids is 1. The van der Waals surface area contributed by atoms with E-state index in [0.717, 1.165) is 19.3 Å². The molecule has 1 aliphatic rings. The summed E-state index contributed by atoms with van der Waals surface area (Å²) in [7, 11) is 1.86. The Bertz CT molecular complexity index is 420. The Kier molecular flexibility index (Phi) is 3.59. The van der Waals surface area contributed by atoms with Gasteiger partial charge in [-0.15, -0.1) is 0 Å². The van der Waals surface area contributed by atoms with Crippen molar-refractivity contribution in [1.29, 1.82) is 0 Å². The number of aliphatic carboxylic acids is 1. The third kappa shape index (κ3) is 2.35. The van der Waals surface area contributed by atoms with E-state index in [9.17, 15) is 9.90 Å². The summed E-state index contributed by atoms with van der Waals surface area (Å²) >= 11 is 0. The van der Waals surface area contributed by atoms with Crippen LogP contribution < -0.4 is 5.32 Å². The number of aromatic nitrogens is 2. The predicted octanol–water partition coefficient (Wildman–Crippen LogP) is 2.26. The average molecular weight is 251 g/mol. The van der Waals surface area contributed by atoms with Gasteiger partial charge in [0.2, 0.25) is 5.95 Å². The fraction of sp³-hybridized carbons (Fsp3) is 0.692. The topological polar surface area (TPSA) is 67.2 Å². The van der Waals surface area contributed by atoms with Crippen LogP contribution in [0, 0.1) is 5.92 Å². The number of imidazole rings is 1. The first kappa shape index (κ1) is 12.9. The first-order chi connectivity index (χ1) is 8.57. The highest BCUT2D eigenvalue weighted by Gasteiger charge is 2.42. The van der Waals surface area contributed by atoms with Gasteiger partial charge in [0.15, 0.2) is 0 Å². The van der Waals surface area contributed by atoms with Gasteiger partial charge in [-0.2, -0.15) is 0 Å². The lowest BCUT2D eigenvalue weighted by molar-refractivity contribution is -0.143. The summed E-state index contributed by atoms with van der Waals surface area (Å²) in [6.45, 7) is 2.17. The van der Waals surface area contributed by atoms with Gasteiger partial charge in [0.1, 0.15) is 5.54 Å². The molecule has 1 aromatic heterocycles. The van der Waals surface area contributed by atoms with E-state index in [1.54, 1.807) is 6.20 Å². The second-order valence-corrected chi connectivity index (χ2v) is 5.23. The third-order valence-electron chi connectivity index (χ3n) is 4.12. The van der Waals surface area contributed by atoms with E-state index in [0.29, 0.717) is 24.7 Å². The lowest BCUT2D eigenvalue weighted by Gasteiger charge is -2.37. The Labute approximate surface area is 107 Å². The zero-order valence-corrected chi connectivity index (χ0v) is 11.0. The quantitative estimate of drug-likeness (QED) is 0.861. The smallest absolute Gasteiger partial charge is 0.329 e. The molecule has 5 heteroatoms. The summed E-state index contributed by atoms with van der Waals surface area (Å²) in [4.78, 5) is 15.8. The zero-order chi connectivity index (χ0) is 13.2. The second-order valence-electron chi connectivity index (χ2n) is 5.23. The highest BCUT2D eigenvalue weighted by Crippen LogP contribution is 2.36. The van der Waals surface area contributed by atoms with E-state index in [2.05, 4.69) is 17.2 Å². The molecule has 0 atom stereocenters. The molecule has 0 aliphatic heterocycles. The van der Waals surface area contributed by atoms with Crippen molar-refractivity contribution in [2.75, 3.05) is 5.32 Å². The Morgan fingerprint density at radius 2 is 2.28 bits per heavy atom. The molecule has 0 bridgehead atoms. The van der Waals surface area contributed by atoms with Crippen LogP contribution in [0.4, 0.5) is 5.95 Å². The molecule has 0 spiro atoms. The molecule has 0 unspecified atom stereocenters. The maximum Gasteiger partial charge on any atom is 0.329 e. The van der Waals surface area contributed by atoms with Gasteiger partial charge in [0, 0.05) is 19.4 Å². The van der Waals surface area contributed by atoms with Gasteiger partial charge in [-0.1, -0.05) is 13.3 Å². The number of hydrogen-bond acceptors (Lipinski definition) is 3. The number of nitrogens with one attached hydrogen (secondary N) is 1. The minimum absolute atomic E-state index is 0.632. The maximum atomic E-state index is 11.6. The van der Waals surface area contributed by atoms with E-state index < -0.39 is 11.5 Å². The number of carboxylic acid groups (broad SMARTS) is 1. The van der Waals surface area contributed by atoms with Crippen LogP contribution in [0.25, 0.3) is 0 Å². The number of rotatable bonds is 4. The average Bonchev–Trinajstić information content (AvgIpc) is 2.75. The van der Waals surface area contributed by atoms with Crippen LogP contribution in [-0.4, -0.2) is 26.2 Å². The van der Waals surface area contributed by atoms with E-state index in [1.165, 1.54) is 0 Å². The Morgan fingerprint density at radius 1 is 1.61 bits per heavy atom. The van der Waals surface area contributed by atoms with Crippen LogP contribution in [0.15, 0.2) is 12.4 Å². The van der Waals surface area contributed by atoms with Crippen molar-refractivity contribution in [3.63, 3.8) is 0 Å². The standard InChI is InChI=1S/C13H21N3O2/c1-3-10-4-6-13(7-5-10,11(17)18)15-12-14-8-9-16(12)2/h8-10H,3-7H2,1-2H3,(H,14,15)(H,17,18). The van der Waals surface area contributed by atoms with E-state index in [4.69, 9.17) is 0 Å². The van der Waals surface area contributed by atoms with Crippen molar-refractivity contribution < 1.29 is 9.90 Å². The lowest BCUT2D eigenvalue weighted by atomic mass is 9.75. The van der Waals surface area contributed by atoms with Gasteiger partial charge >= 0.3 is 5.97 Å². The molecule has 5 nitrogen and oxygen atoms in total. The molecule has 18 heavy (non-hydrogen) atoms. The largest absolute Gasteiger partial charge is 0.480 e. The summed E-state index contributed by atoms with van der Waals surface area (Å²) in [5, 5.41) is 12.7. The normalized spacial score (nSPS) is 28.0. The maximum absolute atomic E-state index is 11.6. The van der Waals surface area contributed by atoms with Crippen molar-refractivity contribution in [3.8, 4) is 0 Å². The monoisotopic (exact) mass is 251 g/mol. The van der Waals surface area contributed by atoms with Gasteiger partial charge < -0.3 is 15.0 Å². The number of carbonyl (C=O) groups is 1. The summed E-state index contributed by atoms with van der Waals surface area (Å²) in [6, 6.07) is 0. The second kappa shape index (κ2) is 5.00. The van der Waals surface area contributed by atoms with E-state index in [-0.39, 0.29) is 0 Å². The Balaban J connectivity index is 2.14. The molecule has 0 radical (unpaired) electrons. The van der Waals surface area contributed by atoms with Crippen molar-refractivity contribution >= 4 is 11.9 Å². The zero-order valence-electron chi connectivity index (χ0n) is 11.0. The van der Waals surface area contributed by atoms with Crippen LogP contribution in [0.3, 0.4) is 0 Å². The minimum Gasteiger partial charge on any atom is -0.480 e. The fourth-order valence-electron chi connectivity index (χ4n) is 2.67. The lowest BCUT2D eigenvalue weighted by Crippen LogP contribution is -2.49. The molecular weight excluding hydrogens is 230 g/mol. The van der Waals surface area contributed by atoms with Gasteiger partial charge in [-0.25, -0.2) is 9.78 Å². The van der Waals surface area contributed by atoms with Crippen molar-refractivity contribution in [3.05, 3.63) is 12.4 Å². The highest BCUT2D eigenvalue weighted by atomic mass is 16.4. The molecule has 100 valence electrons. The summed E-state index contributed by atoms with van der Waals surface area (Å²) in [5.41, 5.74) is -0.842. The Hall–Kier alpha value is -1.52. The first-order valence-electron chi connectivity index (χ1n) is 6.56. The summed E-state index contributed by atoms with van der Waals surface area (Å²) in [6.07, 6.45) is 7.92. The molecule has 1 saturated carbocycles. The van der Waals surface area contributed by atoms with Crippen molar-refractivity contribution in [2.24, 2.45) is 13.0 Å². The molecule has 0 amide bonds. The van der Waals surface area contributed by atoms with Crippen LogP contribution in [0.2, 0.25) is 0 Å². The van der Waals surface area contributed by atoms with Gasteiger partial charge in [0.05, 0.1) is 0 Å². The molecule has 2 rings (SSSR count). The van der Waals surface area contributed by atoms with Gasteiger partial charge in [-0.05, 0) is 31.6 Å². The molecule has 0 saturated heterocycles.